The van der Waals surface area contributed by atoms with Crippen molar-refractivity contribution in [1.29, 1.82) is 0 Å². The molecule has 4 aliphatic carbocycles. The van der Waals surface area contributed by atoms with Crippen LogP contribution in [0.1, 0.15) is 67.4 Å². The Balaban J connectivity index is 1.57. The van der Waals surface area contributed by atoms with Crippen molar-refractivity contribution >= 4 is 11.6 Å². The van der Waals surface area contributed by atoms with Crippen LogP contribution in [-0.2, 0) is 5.41 Å². The summed E-state index contributed by atoms with van der Waals surface area (Å²) in [5.74, 6) is 4.82. The molecule has 4 aliphatic rings. The molecule has 3 nitrogen and oxygen atoms in total. The highest BCUT2D eigenvalue weighted by Crippen LogP contribution is 2.67. The number of para-hydroxylation sites is 2. The standard InChI is InChI=1S/C27H29NO2/c1-4-17-9-10-21(25(30)28-23-7-5-6-8-24(23)29)22(13-17)27-14-18-11-19(15-27)26(2,3)20(12-18)16-27/h1,5-10,13,18-20,29H,11-12,14-16H2,2-3H3,(H,28,30). The molecule has 0 aromatic heterocycles. The lowest BCUT2D eigenvalue weighted by molar-refractivity contribution is -0.104. The number of hydrogen-bond donors (Lipinski definition) is 2. The summed E-state index contributed by atoms with van der Waals surface area (Å²) in [6, 6.07) is 12.7. The molecule has 1 amide bonds. The lowest BCUT2D eigenvalue weighted by Crippen LogP contribution is -2.56. The summed E-state index contributed by atoms with van der Waals surface area (Å²) >= 11 is 0. The molecular formula is C27H29NO2. The van der Waals surface area contributed by atoms with Crippen molar-refractivity contribution in [3.05, 3.63) is 59.2 Å². The number of hydrogen-bond acceptors (Lipinski definition) is 2. The third kappa shape index (κ3) is 2.85. The molecule has 4 bridgehead atoms. The fourth-order valence-electron chi connectivity index (χ4n) is 6.82. The SMILES string of the molecule is C#Cc1ccc(C(=O)Nc2ccccc2O)c(C23CC4CC(C2)C(C)(C)C(C4)C3)c1. The van der Waals surface area contributed by atoms with Crippen LogP contribution in [0, 0.1) is 35.5 Å². The number of nitrogens with one attached hydrogen (secondary N) is 1. The van der Waals surface area contributed by atoms with Gasteiger partial charge in [0.25, 0.3) is 5.91 Å². The number of amides is 1. The molecule has 2 aromatic carbocycles. The number of anilines is 1. The third-order valence-corrected chi connectivity index (χ3v) is 8.45. The van der Waals surface area contributed by atoms with Crippen LogP contribution >= 0.6 is 0 Å². The molecule has 2 aromatic rings. The number of rotatable bonds is 3. The van der Waals surface area contributed by atoms with Crippen LogP contribution < -0.4 is 5.32 Å². The van der Waals surface area contributed by atoms with Gasteiger partial charge in [-0.05, 0) is 96.6 Å². The predicted molar refractivity (Wildman–Crippen MR) is 119 cm³/mol. The Morgan fingerprint density at radius 3 is 2.47 bits per heavy atom. The Hall–Kier alpha value is -2.73. The fourth-order valence-corrected chi connectivity index (χ4v) is 6.82. The van der Waals surface area contributed by atoms with Gasteiger partial charge in [0.1, 0.15) is 5.75 Å². The zero-order valence-electron chi connectivity index (χ0n) is 17.7. The van der Waals surface area contributed by atoms with Gasteiger partial charge < -0.3 is 10.4 Å². The van der Waals surface area contributed by atoms with Gasteiger partial charge in [0.15, 0.2) is 0 Å². The van der Waals surface area contributed by atoms with E-state index in [-0.39, 0.29) is 17.1 Å². The first-order valence-corrected chi connectivity index (χ1v) is 11.0. The van der Waals surface area contributed by atoms with Crippen LogP contribution in [0.25, 0.3) is 0 Å². The van der Waals surface area contributed by atoms with Gasteiger partial charge in [0.05, 0.1) is 5.69 Å². The van der Waals surface area contributed by atoms with Gasteiger partial charge in [-0.25, -0.2) is 0 Å². The van der Waals surface area contributed by atoms with E-state index >= 15 is 0 Å². The molecule has 154 valence electrons. The number of phenolic OH excluding ortho intramolecular Hbond substituents is 1. The van der Waals surface area contributed by atoms with Crippen molar-refractivity contribution in [2.24, 2.45) is 23.2 Å². The van der Waals surface area contributed by atoms with E-state index in [0.717, 1.165) is 36.3 Å². The van der Waals surface area contributed by atoms with E-state index < -0.39 is 0 Å². The lowest BCUT2D eigenvalue weighted by atomic mass is 9.40. The maximum atomic E-state index is 13.3. The van der Waals surface area contributed by atoms with Crippen LogP contribution in [0.5, 0.6) is 5.75 Å². The highest BCUT2D eigenvalue weighted by atomic mass is 16.3. The second-order valence-electron chi connectivity index (χ2n) is 10.3. The van der Waals surface area contributed by atoms with Gasteiger partial charge in [-0.2, -0.15) is 0 Å². The van der Waals surface area contributed by atoms with Gasteiger partial charge in [0.2, 0.25) is 0 Å². The Kier molecular flexibility index (Phi) is 4.26. The molecule has 2 N–H and O–H groups in total. The maximum absolute atomic E-state index is 13.3. The van der Waals surface area contributed by atoms with E-state index in [1.807, 2.05) is 12.1 Å². The van der Waals surface area contributed by atoms with Gasteiger partial charge >= 0.3 is 0 Å². The summed E-state index contributed by atoms with van der Waals surface area (Å²) in [6.07, 6.45) is 11.8. The Morgan fingerprint density at radius 1 is 1.10 bits per heavy atom. The first-order chi connectivity index (χ1) is 14.3. The molecule has 2 atom stereocenters. The second kappa shape index (κ2) is 6.64. The zero-order valence-corrected chi connectivity index (χ0v) is 17.7. The smallest absolute Gasteiger partial charge is 0.256 e. The predicted octanol–water partition coefficient (Wildman–Crippen LogP) is 5.73. The van der Waals surface area contributed by atoms with Crippen molar-refractivity contribution in [3.8, 4) is 18.1 Å². The zero-order chi connectivity index (χ0) is 21.1. The molecule has 0 radical (unpaired) electrons. The highest BCUT2D eigenvalue weighted by Gasteiger charge is 2.59. The van der Waals surface area contributed by atoms with E-state index in [1.165, 1.54) is 12.8 Å². The quantitative estimate of drug-likeness (QED) is 0.511. The average Bonchev–Trinajstić information content (AvgIpc) is 2.73. The summed E-state index contributed by atoms with van der Waals surface area (Å²) < 4.78 is 0. The van der Waals surface area contributed by atoms with E-state index in [4.69, 9.17) is 6.42 Å². The summed E-state index contributed by atoms with van der Waals surface area (Å²) in [4.78, 5) is 13.3. The van der Waals surface area contributed by atoms with Crippen LogP contribution in [0.2, 0.25) is 0 Å². The third-order valence-electron chi connectivity index (χ3n) is 8.45. The molecule has 0 saturated heterocycles. The number of terminal acetylenes is 1. The molecule has 3 heteroatoms. The van der Waals surface area contributed by atoms with Gasteiger partial charge in [-0.3, -0.25) is 4.79 Å². The van der Waals surface area contributed by atoms with E-state index in [1.54, 1.807) is 24.3 Å². The van der Waals surface area contributed by atoms with Crippen molar-refractivity contribution < 1.29 is 9.90 Å². The minimum Gasteiger partial charge on any atom is -0.506 e. The summed E-state index contributed by atoms with van der Waals surface area (Å²) in [5, 5.41) is 13.0. The summed E-state index contributed by atoms with van der Waals surface area (Å²) in [7, 11) is 0. The highest BCUT2D eigenvalue weighted by molar-refractivity contribution is 6.06. The molecule has 0 aliphatic heterocycles. The summed E-state index contributed by atoms with van der Waals surface area (Å²) in [5.41, 5.74) is 3.48. The van der Waals surface area contributed by atoms with E-state index in [0.29, 0.717) is 28.5 Å². The monoisotopic (exact) mass is 399 g/mol. The molecule has 2 unspecified atom stereocenters. The topological polar surface area (TPSA) is 49.3 Å². The largest absolute Gasteiger partial charge is 0.506 e. The number of phenols is 1. The lowest BCUT2D eigenvalue weighted by Gasteiger charge is -2.64. The molecule has 6 rings (SSSR count). The second-order valence-corrected chi connectivity index (χ2v) is 10.3. The number of carbonyl (C=O) groups is 1. The first kappa shape index (κ1) is 19.2. The first-order valence-electron chi connectivity index (χ1n) is 11.0. The molecule has 4 saturated carbocycles. The van der Waals surface area contributed by atoms with Crippen LogP contribution in [0.15, 0.2) is 42.5 Å². The van der Waals surface area contributed by atoms with Crippen LogP contribution in [0.4, 0.5) is 5.69 Å². The number of aromatic hydroxyl groups is 1. The number of carbonyl (C=O) groups excluding carboxylic acids is 1. The van der Waals surface area contributed by atoms with Gasteiger partial charge in [0, 0.05) is 11.1 Å². The van der Waals surface area contributed by atoms with Gasteiger partial charge in [-0.1, -0.05) is 31.9 Å². The Bertz CT molecular complexity index is 1040. The van der Waals surface area contributed by atoms with Crippen molar-refractivity contribution in [2.75, 3.05) is 5.32 Å². The van der Waals surface area contributed by atoms with Gasteiger partial charge in [-0.15, -0.1) is 6.42 Å². The number of benzene rings is 2. The van der Waals surface area contributed by atoms with E-state index in [9.17, 15) is 9.90 Å². The molecule has 4 fully saturated rings. The van der Waals surface area contributed by atoms with E-state index in [2.05, 4.69) is 31.2 Å². The Morgan fingerprint density at radius 2 is 1.80 bits per heavy atom. The minimum absolute atomic E-state index is 0.0320. The molecular weight excluding hydrogens is 370 g/mol. The average molecular weight is 400 g/mol. The normalized spacial score (nSPS) is 30.6. The minimum atomic E-state index is -0.176. The van der Waals surface area contributed by atoms with Crippen molar-refractivity contribution in [1.82, 2.24) is 0 Å². The van der Waals surface area contributed by atoms with Crippen LogP contribution in [0.3, 0.4) is 0 Å². The Labute approximate surface area is 178 Å². The fraction of sp³-hybridized carbons (Fsp3) is 0.444. The van der Waals surface area contributed by atoms with Crippen molar-refractivity contribution in [3.63, 3.8) is 0 Å². The molecule has 30 heavy (non-hydrogen) atoms. The summed E-state index contributed by atoms with van der Waals surface area (Å²) in [6.45, 7) is 4.88. The van der Waals surface area contributed by atoms with Crippen LogP contribution in [-0.4, -0.2) is 11.0 Å². The molecule has 0 heterocycles. The molecule has 0 spiro atoms. The maximum Gasteiger partial charge on any atom is 0.256 e. The van der Waals surface area contributed by atoms with Crippen molar-refractivity contribution in [2.45, 2.75) is 51.4 Å².